The van der Waals surface area contributed by atoms with Crippen molar-refractivity contribution in [2.75, 3.05) is 6.54 Å². The number of aromatic nitrogens is 2. The van der Waals surface area contributed by atoms with Crippen molar-refractivity contribution in [1.29, 1.82) is 0 Å². The molecule has 1 aromatic rings. The van der Waals surface area contributed by atoms with E-state index in [1.807, 2.05) is 6.92 Å². The highest BCUT2D eigenvalue weighted by Crippen LogP contribution is 2.13. The van der Waals surface area contributed by atoms with Gasteiger partial charge in [-0.3, -0.25) is 9.89 Å². The summed E-state index contributed by atoms with van der Waals surface area (Å²) in [6.45, 7) is 4.94. The quantitative estimate of drug-likeness (QED) is 0.0818. The zero-order valence-corrected chi connectivity index (χ0v) is 25.9. The van der Waals surface area contributed by atoms with Crippen molar-refractivity contribution in [3.63, 3.8) is 0 Å². The van der Waals surface area contributed by atoms with Gasteiger partial charge in [-0.15, -0.1) is 0 Å². The fraction of sp³-hybridized carbons (Fsp3) is 0.771. The minimum Gasteiger partial charge on any atom is -0.351 e. The van der Waals surface area contributed by atoms with Gasteiger partial charge in [0, 0.05) is 12.2 Å². The fourth-order valence-electron chi connectivity index (χ4n) is 5.04. The van der Waals surface area contributed by atoms with Crippen LogP contribution in [0.25, 0.3) is 0 Å². The van der Waals surface area contributed by atoms with Crippen LogP contribution in [0.4, 0.5) is 0 Å². The molecule has 0 aliphatic rings. The second-order valence-corrected chi connectivity index (χ2v) is 11.5. The molecule has 4 heteroatoms. The van der Waals surface area contributed by atoms with Crippen molar-refractivity contribution in [2.24, 2.45) is 0 Å². The summed E-state index contributed by atoms with van der Waals surface area (Å²) in [4.78, 5) is 11.9. The van der Waals surface area contributed by atoms with Crippen molar-refractivity contribution in [3.8, 4) is 0 Å². The topological polar surface area (TPSA) is 57.8 Å². The van der Waals surface area contributed by atoms with Crippen LogP contribution in [0.15, 0.2) is 30.4 Å². The SMILES string of the molecule is CCCCCCCCCCCC/C=C\CC/C=C\CCCCCCCCCCCCNC(=O)c1cc(C)[nH]n1. The summed E-state index contributed by atoms with van der Waals surface area (Å²) >= 11 is 0. The third-order valence-corrected chi connectivity index (χ3v) is 7.58. The highest BCUT2D eigenvalue weighted by molar-refractivity contribution is 5.92. The van der Waals surface area contributed by atoms with E-state index in [0.717, 1.165) is 18.7 Å². The van der Waals surface area contributed by atoms with Crippen LogP contribution >= 0.6 is 0 Å². The van der Waals surface area contributed by atoms with Gasteiger partial charge in [0.1, 0.15) is 5.69 Å². The second kappa shape index (κ2) is 27.7. The molecule has 1 aromatic heterocycles. The van der Waals surface area contributed by atoms with Gasteiger partial charge in [0.05, 0.1) is 0 Å². The molecular formula is C35H63N3O. The zero-order valence-electron chi connectivity index (χ0n) is 25.9. The van der Waals surface area contributed by atoms with Crippen LogP contribution in [-0.4, -0.2) is 22.6 Å². The van der Waals surface area contributed by atoms with E-state index in [0.29, 0.717) is 5.69 Å². The molecule has 1 heterocycles. The Bertz CT molecular complexity index is 721. The molecule has 2 N–H and O–H groups in total. The van der Waals surface area contributed by atoms with Crippen molar-refractivity contribution in [1.82, 2.24) is 15.5 Å². The van der Waals surface area contributed by atoms with Crippen LogP contribution < -0.4 is 5.32 Å². The third-order valence-electron chi connectivity index (χ3n) is 7.58. The number of aryl methyl sites for hydroxylation is 1. The number of hydrogen-bond acceptors (Lipinski definition) is 2. The maximum Gasteiger partial charge on any atom is 0.271 e. The Labute approximate surface area is 242 Å². The minimum atomic E-state index is -0.0722. The number of H-pyrrole nitrogens is 1. The van der Waals surface area contributed by atoms with E-state index in [4.69, 9.17) is 0 Å². The lowest BCUT2D eigenvalue weighted by atomic mass is 10.1. The van der Waals surface area contributed by atoms with Crippen molar-refractivity contribution < 1.29 is 4.79 Å². The van der Waals surface area contributed by atoms with E-state index in [2.05, 4.69) is 46.7 Å². The molecule has 0 radical (unpaired) electrons. The van der Waals surface area contributed by atoms with Gasteiger partial charge >= 0.3 is 0 Å². The summed E-state index contributed by atoms with van der Waals surface area (Å²) in [6.07, 6.45) is 41.8. The number of rotatable bonds is 28. The first-order chi connectivity index (χ1) is 19.2. The molecule has 0 unspecified atom stereocenters. The third kappa shape index (κ3) is 23.7. The van der Waals surface area contributed by atoms with Gasteiger partial charge in [-0.05, 0) is 57.9 Å². The van der Waals surface area contributed by atoms with Gasteiger partial charge in [0.25, 0.3) is 5.91 Å². The molecule has 0 atom stereocenters. The number of allylic oxidation sites excluding steroid dienone is 4. The number of carbonyl (C=O) groups is 1. The predicted molar refractivity (Wildman–Crippen MR) is 170 cm³/mol. The average Bonchev–Trinajstić information content (AvgIpc) is 3.38. The largest absolute Gasteiger partial charge is 0.351 e. The fourth-order valence-corrected chi connectivity index (χ4v) is 5.04. The van der Waals surface area contributed by atoms with E-state index in [-0.39, 0.29) is 5.91 Å². The van der Waals surface area contributed by atoms with E-state index in [1.54, 1.807) is 6.07 Å². The molecule has 1 amide bonds. The summed E-state index contributed by atoms with van der Waals surface area (Å²) in [5.74, 6) is -0.0722. The maximum atomic E-state index is 11.9. The summed E-state index contributed by atoms with van der Waals surface area (Å²) in [7, 11) is 0. The Morgan fingerprint density at radius 1 is 0.641 bits per heavy atom. The van der Waals surface area contributed by atoms with Gasteiger partial charge in [-0.25, -0.2) is 0 Å². The van der Waals surface area contributed by atoms with Gasteiger partial charge < -0.3 is 5.32 Å². The first-order valence-electron chi connectivity index (χ1n) is 16.8. The lowest BCUT2D eigenvalue weighted by molar-refractivity contribution is 0.0948. The molecule has 0 saturated carbocycles. The molecule has 1 rings (SSSR count). The average molecular weight is 542 g/mol. The second-order valence-electron chi connectivity index (χ2n) is 11.5. The van der Waals surface area contributed by atoms with Gasteiger partial charge in [-0.1, -0.05) is 140 Å². The number of nitrogens with zero attached hydrogens (tertiary/aromatic N) is 1. The zero-order chi connectivity index (χ0) is 28.1. The van der Waals surface area contributed by atoms with Gasteiger partial charge in [-0.2, -0.15) is 5.10 Å². The molecule has 39 heavy (non-hydrogen) atoms. The Balaban J connectivity index is 1.72. The molecule has 224 valence electrons. The number of aromatic amines is 1. The normalized spacial score (nSPS) is 11.7. The highest BCUT2D eigenvalue weighted by Gasteiger charge is 2.07. The first-order valence-corrected chi connectivity index (χ1v) is 16.8. The van der Waals surface area contributed by atoms with E-state index >= 15 is 0 Å². The van der Waals surface area contributed by atoms with Gasteiger partial charge in [0.15, 0.2) is 0 Å². The number of amides is 1. The molecular weight excluding hydrogens is 478 g/mol. The lowest BCUT2D eigenvalue weighted by Crippen LogP contribution is -2.24. The van der Waals surface area contributed by atoms with Crippen LogP contribution in [-0.2, 0) is 0 Å². The Hall–Kier alpha value is -1.84. The Morgan fingerprint density at radius 3 is 1.49 bits per heavy atom. The molecule has 4 nitrogen and oxygen atoms in total. The van der Waals surface area contributed by atoms with Crippen molar-refractivity contribution in [3.05, 3.63) is 41.8 Å². The molecule has 0 fully saturated rings. The predicted octanol–water partition coefficient (Wildman–Crippen LogP) is 10.9. The standard InChI is InChI=1S/C35H63N3O/c1-3-4-5-6-7-8-9-10-11-12-13-14-15-16-17-18-19-20-21-22-23-24-25-26-27-28-29-30-31-36-35(39)34-32-33(2)37-38-34/h14-15,18-19,32H,3-13,16-17,20-31H2,1-2H3,(H,36,39)(H,37,38)/b15-14-,19-18-. The number of nitrogens with one attached hydrogen (secondary N) is 2. The smallest absolute Gasteiger partial charge is 0.271 e. The van der Waals surface area contributed by atoms with E-state index < -0.39 is 0 Å². The molecule has 0 saturated heterocycles. The highest BCUT2D eigenvalue weighted by atomic mass is 16.1. The van der Waals surface area contributed by atoms with Crippen molar-refractivity contribution in [2.45, 2.75) is 168 Å². The Kier molecular flexibility index (Phi) is 25.0. The molecule has 0 aliphatic heterocycles. The van der Waals surface area contributed by atoms with Gasteiger partial charge in [0.2, 0.25) is 0 Å². The molecule has 0 aromatic carbocycles. The Morgan fingerprint density at radius 2 is 1.05 bits per heavy atom. The lowest BCUT2D eigenvalue weighted by Gasteiger charge is -2.04. The number of unbranched alkanes of at least 4 members (excludes halogenated alkanes) is 21. The first kappa shape index (κ1) is 35.2. The van der Waals surface area contributed by atoms with Crippen molar-refractivity contribution >= 4 is 5.91 Å². The molecule has 0 spiro atoms. The number of carbonyl (C=O) groups excluding carboxylic acids is 1. The number of hydrogen-bond donors (Lipinski definition) is 2. The van der Waals surface area contributed by atoms with Crippen LogP contribution in [0.5, 0.6) is 0 Å². The minimum absolute atomic E-state index is 0.0722. The summed E-state index contributed by atoms with van der Waals surface area (Å²) < 4.78 is 0. The monoisotopic (exact) mass is 541 g/mol. The summed E-state index contributed by atoms with van der Waals surface area (Å²) in [5.41, 5.74) is 1.40. The summed E-state index contributed by atoms with van der Waals surface area (Å²) in [5, 5.41) is 9.75. The maximum absolute atomic E-state index is 11.9. The van der Waals surface area contributed by atoms with Crippen LogP contribution in [0.2, 0.25) is 0 Å². The van der Waals surface area contributed by atoms with E-state index in [9.17, 15) is 4.79 Å². The van der Waals surface area contributed by atoms with Crippen LogP contribution in [0.3, 0.4) is 0 Å². The molecule has 0 aliphatic carbocycles. The van der Waals surface area contributed by atoms with Crippen LogP contribution in [0, 0.1) is 6.92 Å². The summed E-state index contributed by atoms with van der Waals surface area (Å²) in [6, 6.07) is 1.78. The van der Waals surface area contributed by atoms with Crippen LogP contribution in [0.1, 0.15) is 177 Å². The molecule has 0 bridgehead atoms. The van der Waals surface area contributed by atoms with E-state index in [1.165, 1.54) is 148 Å².